The zero-order chi connectivity index (χ0) is 30.9. The third-order valence-electron chi connectivity index (χ3n) is 8.44. The van der Waals surface area contributed by atoms with Crippen LogP contribution in [0.1, 0.15) is 67.1 Å². The van der Waals surface area contributed by atoms with Crippen LogP contribution in [0.4, 0.5) is 24.7 Å². The molecule has 1 aromatic heterocycles. The number of nitrogens with one attached hydrogen (secondary N) is 2. The van der Waals surface area contributed by atoms with Crippen molar-refractivity contribution in [3.05, 3.63) is 63.0 Å². The number of methoxy groups -OCH3 is 1. The summed E-state index contributed by atoms with van der Waals surface area (Å²) >= 11 is 0. The second kappa shape index (κ2) is 12.3. The summed E-state index contributed by atoms with van der Waals surface area (Å²) in [5, 5.41) is 18.5. The number of benzene rings is 2. The molecule has 0 unspecified atom stereocenters. The summed E-state index contributed by atoms with van der Waals surface area (Å²) in [4.78, 5) is 34.7. The number of rotatable bonds is 7. The molecule has 1 aliphatic heterocycles. The monoisotopic (exact) mass is 600 g/mol. The molecule has 10 nitrogen and oxygen atoms in total. The molecule has 0 spiro atoms. The molecule has 2 fully saturated rings. The fourth-order valence-corrected chi connectivity index (χ4v) is 6.13. The number of nitro benzene ring substituents is 1. The predicted octanol–water partition coefficient (Wildman–Crippen LogP) is 5.75. The number of aromatic nitrogens is 2. The Labute approximate surface area is 247 Å². The normalized spacial score (nSPS) is 20.1. The highest BCUT2D eigenvalue weighted by molar-refractivity contribution is 5.91. The number of hydrogen-bond acceptors (Lipinski definition) is 8. The van der Waals surface area contributed by atoms with Crippen LogP contribution in [0, 0.1) is 23.0 Å². The number of ether oxygens (including phenoxy) is 1. The Hall–Kier alpha value is -4.00. The van der Waals surface area contributed by atoms with Crippen molar-refractivity contribution in [1.82, 2.24) is 20.2 Å². The van der Waals surface area contributed by atoms with E-state index < -0.39 is 28.4 Å². The number of fused-ring (bicyclic) bond motifs is 1. The molecule has 43 heavy (non-hydrogen) atoms. The van der Waals surface area contributed by atoms with E-state index in [0.29, 0.717) is 34.4 Å². The van der Waals surface area contributed by atoms with Crippen LogP contribution < -0.4 is 15.4 Å². The van der Waals surface area contributed by atoms with Gasteiger partial charge in [-0.25, -0.2) is 9.97 Å². The molecule has 0 radical (unpaired) electrons. The minimum atomic E-state index is -4.74. The number of non-ortho nitro benzene ring substituents is 1. The second-order valence-corrected chi connectivity index (χ2v) is 11.3. The van der Waals surface area contributed by atoms with Gasteiger partial charge in [0.15, 0.2) is 0 Å². The van der Waals surface area contributed by atoms with E-state index in [-0.39, 0.29) is 23.3 Å². The molecule has 1 amide bonds. The van der Waals surface area contributed by atoms with Crippen molar-refractivity contribution in [3.8, 4) is 5.75 Å². The van der Waals surface area contributed by atoms with Gasteiger partial charge in [0.1, 0.15) is 17.4 Å². The van der Waals surface area contributed by atoms with Crippen molar-refractivity contribution in [2.45, 2.75) is 57.7 Å². The van der Waals surface area contributed by atoms with E-state index in [4.69, 9.17) is 4.74 Å². The van der Waals surface area contributed by atoms with Crippen molar-refractivity contribution < 1.29 is 27.6 Å². The lowest BCUT2D eigenvalue weighted by atomic mass is 9.77. The molecule has 2 heterocycles. The standard InChI is InChI=1S/C30H35F3N6O4/c1-17(21-12-22(30(31,32)33)14-23(13-21)39(41)42)35-28-25-15-24(27(43-3)16-26(25)36-18(2)37-28)19-4-6-20(7-5-19)29(40)38-10-8-34-9-11-38/h12-17,19-20,34H,4-11H2,1-3H3,(H,35,36,37)/t17-,19?,20?/m1/s1. The molecule has 1 saturated heterocycles. The maximum Gasteiger partial charge on any atom is 0.416 e. The van der Waals surface area contributed by atoms with Crippen molar-refractivity contribution in [2.75, 3.05) is 38.6 Å². The quantitative estimate of drug-likeness (QED) is 0.260. The largest absolute Gasteiger partial charge is 0.496 e. The number of halogens is 3. The molecule has 230 valence electrons. The number of alkyl halides is 3. The maximum atomic E-state index is 13.5. The Bertz CT molecular complexity index is 1520. The molecule has 2 N–H and O–H groups in total. The summed E-state index contributed by atoms with van der Waals surface area (Å²) in [6.07, 6.45) is -1.57. The Balaban J connectivity index is 1.43. The minimum absolute atomic E-state index is 0.00128. The number of hydrogen-bond donors (Lipinski definition) is 2. The van der Waals surface area contributed by atoms with E-state index in [1.165, 1.54) is 0 Å². The van der Waals surface area contributed by atoms with Crippen LogP contribution in [0.2, 0.25) is 0 Å². The lowest BCUT2D eigenvalue weighted by Gasteiger charge is -2.34. The molecule has 1 saturated carbocycles. The van der Waals surface area contributed by atoms with Crippen molar-refractivity contribution >= 4 is 28.3 Å². The van der Waals surface area contributed by atoms with Crippen molar-refractivity contribution in [2.24, 2.45) is 5.92 Å². The fourth-order valence-electron chi connectivity index (χ4n) is 6.13. The Morgan fingerprint density at radius 1 is 1.12 bits per heavy atom. The van der Waals surface area contributed by atoms with Gasteiger partial charge in [-0.1, -0.05) is 0 Å². The van der Waals surface area contributed by atoms with Gasteiger partial charge < -0.3 is 20.3 Å². The Morgan fingerprint density at radius 2 is 1.81 bits per heavy atom. The molecule has 5 rings (SSSR count). The van der Waals surface area contributed by atoms with Crippen LogP contribution >= 0.6 is 0 Å². The number of aryl methyl sites for hydroxylation is 1. The fraction of sp³-hybridized carbons (Fsp3) is 0.500. The minimum Gasteiger partial charge on any atom is -0.496 e. The van der Waals surface area contributed by atoms with Gasteiger partial charge >= 0.3 is 6.18 Å². The lowest BCUT2D eigenvalue weighted by molar-refractivity contribution is -0.385. The number of carbonyl (C=O) groups excluding carboxylic acids is 1. The van der Waals surface area contributed by atoms with Gasteiger partial charge in [0.2, 0.25) is 5.91 Å². The van der Waals surface area contributed by atoms with Gasteiger partial charge in [-0.15, -0.1) is 0 Å². The summed E-state index contributed by atoms with van der Waals surface area (Å²) in [7, 11) is 1.60. The number of nitro groups is 1. The highest BCUT2D eigenvalue weighted by Gasteiger charge is 2.34. The molecule has 2 aromatic carbocycles. The highest BCUT2D eigenvalue weighted by atomic mass is 19.4. The SMILES string of the molecule is COc1cc2nc(C)nc(N[C@H](C)c3cc([N+](=O)[O-])cc(C(F)(F)F)c3)c2cc1C1CCC(C(=O)N2CCNCC2)CC1. The number of anilines is 1. The van der Waals surface area contributed by atoms with E-state index in [1.54, 1.807) is 21.0 Å². The van der Waals surface area contributed by atoms with Gasteiger partial charge in [0, 0.05) is 55.7 Å². The molecule has 3 aromatic rings. The third-order valence-corrected chi connectivity index (χ3v) is 8.44. The molecular weight excluding hydrogens is 565 g/mol. The van der Waals surface area contributed by atoms with Crippen molar-refractivity contribution in [1.29, 1.82) is 0 Å². The summed E-state index contributed by atoms with van der Waals surface area (Å²) in [5.41, 5.74) is -0.0686. The van der Waals surface area contributed by atoms with Gasteiger partial charge in [-0.3, -0.25) is 14.9 Å². The zero-order valence-corrected chi connectivity index (χ0v) is 24.3. The van der Waals surface area contributed by atoms with E-state index in [2.05, 4.69) is 20.6 Å². The van der Waals surface area contributed by atoms with E-state index in [1.807, 2.05) is 17.0 Å². The van der Waals surface area contributed by atoms with Crippen LogP contribution in [0.5, 0.6) is 5.75 Å². The van der Waals surface area contributed by atoms with Gasteiger partial charge in [-0.2, -0.15) is 13.2 Å². The average Bonchev–Trinajstić information content (AvgIpc) is 2.99. The summed E-state index contributed by atoms with van der Waals surface area (Å²) in [5.74, 6) is 1.89. The first-order valence-corrected chi connectivity index (χ1v) is 14.4. The number of nitrogens with zero attached hydrogens (tertiary/aromatic N) is 4. The Kier molecular flexibility index (Phi) is 8.72. The molecule has 2 aliphatic rings. The molecular formula is C30H35F3N6O4. The van der Waals surface area contributed by atoms with Gasteiger partial charge in [0.05, 0.1) is 29.2 Å². The molecule has 0 bridgehead atoms. The summed E-state index contributed by atoms with van der Waals surface area (Å²) < 4.78 is 46.3. The summed E-state index contributed by atoms with van der Waals surface area (Å²) in [6, 6.07) is 5.64. The van der Waals surface area contributed by atoms with Gasteiger partial charge in [-0.05, 0) is 68.7 Å². The molecule has 1 atom stereocenters. The maximum absolute atomic E-state index is 13.5. The van der Waals surface area contributed by atoms with E-state index in [0.717, 1.165) is 69.6 Å². The highest BCUT2D eigenvalue weighted by Crippen LogP contribution is 2.43. The molecule has 13 heteroatoms. The van der Waals surface area contributed by atoms with Crippen LogP contribution in [0.25, 0.3) is 10.9 Å². The van der Waals surface area contributed by atoms with Crippen LogP contribution in [-0.2, 0) is 11.0 Å². The van der Waals surface area contributed by atoms with E-state index in [9.17, 15) is 28.1 Å². The van der Waals surface area contributed by atoms with E-state index >= 15 is 0 Å². The van der Waals surface area contributed by atoms with Crippen LogP contribution in [-0.4, -0.2) is 59.0 Å². The van der Waals surface area contributed by atoms with Gasteiger partial charge in [0.25, 0.3) is 5.69 Å². The number of piperazine rings is 1. The first kappa shape index (κ1) is 30.5. The summed E-state index contributed by atoms with van der Waals surface area (Å²) in [6.45, 7) is 6.44. The topological polar surface area (TPSA) is 123 Å². The lowest BCUT2D eigenvalue weighted by Crippen LogP contribution is -2.48. The number of amides is 1. The number of carbonyl (C=O) groups is 1. The second-order valence-electron chi connectivity index (χ2n) is 11.3. The first-order chi connectivity index (χ1) is 20.4. The van der Waals surface area contributed by atoms with Crippen molar-refractivity contribution in [3.63, 3.8) is 0 Å². The van der Waals surface area contributed by atoms with Crippen LogP contribution in [0.3, 0.4) is 0 Å². The molecule has 1 aliphatic carbocycles. The smallest absolute Gasteiger partial charge is 0.416 e. The predicted molar refractivity (Wildman–Crippen MR) is 155 cm³/mol. The zero-order valence-electron chi connectivity index (χ0n) is 24.3. The third kappa shape index (κ3) is 6.66. The van der Waals surface area contributed by atoms with Crippen LogP contribution in [0.15, 0.2) is 30.3 Å². The Morgan fingerprint density at radius 3 is 2.44 bits per heavy atom. The average molecular weight is 601 g/mol. The first-order valence-electron chi connectivity index (χ1n) is 14.4.